The fraction of sp³-hybridized carbons (Fsp3) is 0.312. The molecule has 1 amide bonds. The van der Waals surface area contributed by atoms with Crippen LogP contribution >= 0.6 is 11.3 Å². The van der Waals surface area contributed by atoms with Gasteiger partial charge >= 0.3 is 0 Å². The van der Waals surface area contributed by atoms with Crippen molar-refractivity contribution in [3.8, 4) is 0 Å². The lowest BCUT2D eigenvalue weighted by atomic mass is 10.3. The summed E-state index contributed by atoms with van der Waals surface area (Å²) in [5, 5.41) is 8.03. The molecule has 2 aromatic rings. The number of amides is 1. The third kappa shape index (κ3) is 3.33. The van der Waals surface area contributed by atoms with E-state index in [2.05, 4.69) is 27.8 Å². The fourth-order valence-corrected chi connectivity index (χ4v) is 3.20. The lowest BCUT2D eigenvalue weighted by molar-refractivity contribution is -0.121. The van der Waals surface area contributed by atoms with E-state index in [0.29, 0.717) is 0 Å². The van der Waals surface area contributed by atoms with Gasteiger partial charge in [-0.25, -0.2) is 10.4 Å². The van der Waals surface area contributed by atoms with Gasteiger partial charge in [-0.1, -0.05) is 29.0 Å². The van der Waals surface area contributed by atoms with Crippen LogP contribution in [0.1, 0.15) is 26.7 Å². The predicted octanol–water partition coefficient (Wildman–Crippen LogP) is 3.31. The number of para-hydroxylation sites is 1. The molecule has 0 saturated heterocycles. The first-order valence-electron chi connectivity index (χ1n) is 7.27. The smallest absolute Gasteiger partial charge is 0.262 e. The van der Waals surface area contributed by atoms with Gasteiger partial charge < -0.3 is 5.32 Å². The van der Waals surface area contributed by atoms with Crippen LogP contribution in [0.15, 0.2) is 41.0 Å². The van der Waals surface area contributed by atoms with Gasteiger partial charge in [0.15, 0.2) is 5.13 Å². The largest absolute Gasteiger partial charge is 0.350 e. The zero-order chi connectivity index (χ0) is 15.5. The predicted molar refractivity (Wildman–Crippen MR) is 91.3 cm³/mol. The summed E-state index contributed by atoms with van der Waals surface area (Å²) in [7, 11) is 0. The van der Waals surface area contributed by atoms with Crippen molar-refractivity contribution < 1.29 is 4.79 Å². The summed E-state index contributed by atoms with van der Waals surface area (Å²) in [6.07, 6.45) is 3.94. The molecule has 3 rings (SSSR count). The van der Waals surface area contributed by atoms with Gasteiger partial charge in [-0.15, -0.1) is 0 Å². The Bertz CT molecular complexity index is 729. The lowest BCUT2D eigenvalue weighted by Crippen LogP contribution is -2.35. The van der Waals surface area contributed by atoms with E-state index in [9.17, 15) is 4.79 Å². The molecular formula is C16H18N4OS. The van der Waals surface area contributed by atoms with Crippen molar-refractivity contribution >= 4 is 38.3 Å². The summed E-state index contributed by atoms with van der Waals surface area (Å²) in [5.74, 6) is -0.162. The van der Waals surface area contributed by atoms with Gasteiger partial charge in [0, 0.05) is 0 Å². The molecule has 0 spiro atoms. The Morgan fingerprint density at radius 1 is 1.36 bits per heavy atom. The van der Waals surface area contributed by atoms with Crippen LogP contribution in [0, 0.1) is 0 Å². The number of nitrogens with zero attached hydrogens (tertiary/aromatic N) is 2. The van der Waals surface area contributed by atoms with Crippen LogP contribution < -0.4 is 10.7 Å². The number of carbonyl (C=O) groups excluding carboxylic acids is 1. The van der Waals surface area contributed by atoms with Crippen LogP contribution in [0.2, 0.25) is 0 Å². The molecule has 1 heterocycles. The Kier molecular flexibility index (Phi) is 4.20. The second kappa shape index (κ2) is 6.27. The van der Waals surface area contributed by atoms with Crippen LogP contribution in [0.5, 0.6) is 0 Å². The Hall–Kier alpha value is -2.21. The number of allylic oxidation sites excluding steroid dienone is 2. The van der Waals surface area contributed by atoms with Crippen molar-refractivity contribution in [1.29, 1.82) is 0 Å². The Morgan fingerprint density at radius 2 is 2.18 bits per heavy atom. The third-order valence-electron chi connectivity index (χ3n) is 3.53. The number of hydrazone groups is 1. The van der Waals surface area contributed by atoms with Gasteiger partial charge in [0.2, 0.25) is 0 Å². The summed E-state index contributed by atoms with van der Waals surface area (Å²) in [5.41, 5.74) is 5.79. The normalized spacial score (nSPS) is 17.5. The zero-order valence-corrected chi connectivity index (χ0v) is 13.4. The molecule has 1 aromatic heterocycles. The Balaban J connectivity index is 1.61. The molecule has 0 radical (unpaired) electrons. The summed E-state index contributed by atoms with van der Waals surface area (Å²) < 4.78 is 1.10. The first-order valence-corrected chi connectivity index (χ1v) is 8.09. The molecule has 5 nitrogen and oxygen atoms in total. The number of aromatic nitrogens is 1. The van der Waals surface area contributed by atoms with E-state index in [4.69, 9.17) is 0 Å². The van der Waals surface area contributed by atoms with Crippen LogP contribution in [-0.2, 0) is 4.79 Å². The SMILES string of the molecule is CC1=C/C(=N/NC(=O)[C@@H](C)Nc2nc3ccccc3s2)CC1. The molecule has 1 atom stereocenters. The van der Waals surface area contributed by atoms with Gasteiger partial charge in [0.05, 0.1) is 15.9 Å². The molecule has 0 unspecified atom stereocenters. The number of hydrogen-bond donors (Lipinski definition) is 2. The van der Waals surface area contributed by atoms with Crippen LogP contribution in [0.25, 0.3) is 10.2 Å². The van der Waals surface area contributed by atoms with Crippen LogP contribution in [0.4, 0.5) is 5.13 Å². The second-order valence-corrected chi connectivity index (χ2v) is 6.45. The van der Waals surface area contributed by atoms with Crippen LogP contribution in [0.3, 0.4) is 0 Å². The maximum Gasteiger partial charge on any atom is 0.262 e. The van der Waals surface area contributed by atoms with Gasteiger partial charge in [0.25, 0.3) is 5.91 Å². The minimum absolute atomic E-state index is 0.162. The first-order chi connectivity index (χ1) is 10.6. The highest BCUT2D eigenvalue weighted by molar-refractivity contribution is 7.22. The standard InChI is InChI=1S/C16H18N4OS/c1-10-7-8-12(9-10)19-20-15(21)11(2)17-16-18-13-5-3-4-6-14(13)22-16/h3-6,9,11H,7-8H2,1-2H3,(H,17,18)(H,20,21)/b19-12+/t11-/m1/s1. The number of benzene rings is 1. The molecule has 0 fully saturated rings. The number of carbonyl (C=O) groups is 1. The quantitative estimate of drug-likeness (QED) is 0.851. The van der Waals surface area contributed by atoms with Crippen molar-refractivity contribution in [2.24, 2.45) is 5.10 Å². The number of hydrogen-bond acceptors (Lipinski definition) is 5. The van der Waals surface area contributed by atoms with Crippen LogP contribution in [-0.4, -0.2) is 22.6 Å². The first kappa shape index (κ1) is 14.7. The number of fused-ring (bicyclic) bond motifs is 1. The molecule has 1 aliphatic rings. The zero-order valence-electron chi connectivity index (χ0n) is 12.6. The lowest BCUT2D eigenvalue weighted by Gasteiger charge is -2.10. The Morgan fingerprint density at radius 3 is 2.91 bits per heavy atom. The minimum Gasteiger partial charge on any atom is -0.350 e. The fourth-order valence-electron chi connectivity index (χ4n) is 2.25. The highest BCUT2D eigenvalue weighted by atomic mass is 32.1. The number of rotatable bonds is 4. The average molecular weight is 314 g/mol. The van der Waals surface area contributed by atoms with Gasteiger partial charge in [-0.05, 0) is 44.9 Å². The molecule has 2 N–H and O–H groups in total. The summed E-state index contributed by atoms with van der Waals surface area (Å²) in [6.45, 7) is 3.87. The maximum atomic E-state index is 12.1. The molecule has 6 heteroatoms. The van der Waals surface area contributed by atoms with E-state index in [1.165, 1.54) is 16.9 Å². The Labute approximate surface area is 133 Å². The molecule has 22 heavy (non-hydrogen) atoms. The highest BCUT2D eigenvalue weighted by Crippen LogP contribution is 2.25. The van der Waals surface area contributed by atoms with Crippen molar-refractivity contribution in [3.05, 3.63) is 35.9 Å². The summed E-state index contributed by atoms with van der Waals surface area (Å²) >= 11 is 1.54. The van der Waals surface area contributed by atoms with E-state index < -0.39 is 6.04 Å². The number of anilines is 1. The van der Waals surface area contributed by atoms with Gasteiger partial charge in [-0.2, -0.15) is 5.10 Å². The molecule has 114 valence electrons. The molecule has 0 bridgehead atoms. The van der Waals surface area contributed by atoms with Gasteiger partial charge in [0.1, 0.15) is 6.04 Å². The van der Waals surface area contributed by atoms with E-state index in [1.807, 2.05) is 30.3 Å². The molecule has 1 aliphatic carbocycles. The maximum absolute atomic E-state index is 12.1. The third-order valence-corrected chi connectivity index (χ3v) is 4.49. The van der Waals surface area contributed by atoms with Gasteiger partial charge in [-0.3, -0.25) is 4.79 Å². The molecule has 1 aromatic carbocycles. The number of nitrogens with one attached hydrogen (secondary N) is 2. The second-order valence-electron chi connectivity index (χ2n) is 5.42. The number of thiazole rings is 1. The minimum atomic E-state index is -0.392. The highest BCUT2D eigenvalue weighted by Gasteiger charge is 2.15. The van der Waals surface area contributed by atoms with Crippen molar-refractivity contribution in [3.63, 3.8) is 0 Å². The molecule has 0 aliphatic heterocycles. The van der Waals surface area contributed by atoms with Crippen molar-refractivity contribution in [1.82, 2.24) is 10.4 Å². The topological polar surface area (TPSA) is 66.4 Å². The van der Waals surface area contributed by atoms with Crippen molar-refractivity contribution in [2.75, 3.05) is 5.32 Å². The summed E-state index contributed by atoms with van der Waals surface area (Å²) in [6, 6.07) is 7.52. The average Bonchev–Trinajstić information content (AvgIpc) is 3.09. The summed E-state index contributed by atoms with van der Waals surface area (Å²) in [4.78, 5) is 16.5. The van der Waals surface area contributed by atoms with E-state index in [0.717, 1.165) is 33.9 Å². The van der Waals surface area contributed by atoms with Crippen molar-refractivity contribution in [2.45, 2.75) is 32.7 Å². The van der Waals surface area contributed by atoms with E-state index >= 15 is 0 Å². The molecular weight excluding hydrogens is 296 g/mol. The van der Waals surface area contributed by atoms with E-state index in [1.54, 1.807) is 6.92 Å². The van der Waals surface area contributed by atoms with E-state index in [-0.39, 0.29) is 5.91 Å². The monoisotopic (exact) mass is 314 g/mol. The molecule has 0 saturated carbocycles.